The van der Waals surface area contributed by atoms with Gasteiger partial charge in [0.05, 0.1) is 6.61 Å². The van der Waals surface area contributed by atoms with Crippen molar-refractivity contribution in [2.24, 2.45) is 0 Å². The Morgan fingerprint density at radius 3 is 2.44 bits per heavy atom. The van der Waals surface area contributed by atoms with Gasteiger partial charge in [-0.25, -0.2) is 0 Å². The summed E-state index contributed by atoms with van der Waals surface area (Å²) < 4.78 is 10.3. The number of aryl methyl sites for hydroxylation is 1. The second-order valence-corrected chi connectivity index (χ2v) is 5.50. The third-order valence-electron chi connectivity index (χ3n) is 3.38. The van der Waals surface area contributed by atoms with Crippen LogP contribution in [0.3, 0.4) is 0 Å². The monoisotopic (exact) mass is 347 g/mol. The maximum atomic E-state index is 12.2. The number of hydrogen-bond acceptors (Lipinski definition) is 5. The average molecular weight is 347 g/mol. The zero-order valence-electron chi connectivity index (χ0n) is 14.8. The van der Waals surface area contributed by atoms with Crippen LogP contribution < -0.4 is 4.74 Å². The number of carbonyl (C=O) groups excluding carboxylic acids is 3. The molecule has 0 fully saturated rings. The minimum absolute atomic E-state index is 0.133. The van der Waals surface area contributed by atoms with Gasteiger partial charge in [-0.15, -0.1) is 6.58 Å². The van der Waals surface area contributed by atoms with Crippen LogP contribution in [0.15, 0.2) is 36.9 Å². The predicted octanol–water partition coefficient (Wildman–Crippen LogP) is 2.16. The Morgan fingerprint density at radius 2 is 1.88 bits per heavy atom. The Hall–Kier alpha value is -2.63. The molecule has 0 spiro atoms. The molecular weight excluding hydrogens is 322 g/mol. The molecule has 136 valence electrons. The maximum absolute atomic E-state index is 12.2. The lowest BCUT2D eigenvalue weighted by Gasteiger charge is -2.20. The van der Waals surface area contributed by atoms with E-state index in [-0.39, 0.29) is 38.0 Å². The Kier molecular flexibility index (Phi) is 9.00. The normalized spacial score (nSPS) is 10.0. The number of esters is 1. The molecule has 6 heteroatoms. The first-order chi connectivity index (χ1) is 12.0. The molecule has 0 N–H and O–H groups in total. The quantitative estimate of drug-likeness (QED) is 0.453. The molecule has 25 heavy (non-hydrogen) atoms. The van der Waals surface area contributed by atoms with E-state index in [9.17, 15) is 14.4 Å². The van der Waals surface area contributed by atoms with Crippen molar-refractivity contribution in [3.05, 3.63) is 42.5 Å². The largest absolute Gasteiger partial charge is 0.484 e. The van der Waals surface area contributed by atoms with Gasteiger partial charge in [0, 0.05) is 13.0 Å². The first kappa shape index (κ1) is 20.4. The van der Waals surface area contributed by atoms with Gasteiger partial charge in [0.25, 0.3) is 5.91 Å². The summed E-state index contributed by atoms with van der Waals surface area (Å²) in [5.74, 6) is -0.0921. The van der Waals surface area contributed by atoms with Crippen LogP contribution >= 0.6 is 0 Å². The van der Waals surface area contributed by atoms with E-state index in [0.717, 1.165) is 5.56 Å². The minimum atomic E-state index is -0.465. The van der Waals surface area contributed by atoms with E-state index < -0.39 is 5.97 Å². The van der Waals surface area contributed by atoms with Crippen LogP contribution in [0.4, 0.5) is 0 Å². The average Bonchev–Trinajstić information content (AvgIpc) is 2.58. The van der Waals surface area contributed by atoms with Crippen LogP contribution in [-0.2, 0) is 25.5 Å². The number of Topliss-reactive ketones (excluding diaryl/α,β-unsaturated/α-hetero) is 1. The van der Waals surface area contributed by atoms with E-state index in [1.54, 1.807) is 32.1 Å². The Bertz CT molecular complexity index is 594. The van der Waals surface area contributed by atoms with Gasteiger partial charge in [-0.3, -0.25) is 9.59 Å². The number of amides is 1. The minimum Gasteiger partial charge on any atom is -0.484 e. The molecule has 0 aromatic heterocycles. The smallest absolute Gasteiger partial charge is 0.325 e. The van der Waals surface area contributed by atoms with Crippen molar-refractivity contribution in [2.45, 2.75) is 26.7 Å². The summed E-state index contributed by atoms with van der Waals surface area (Å²) in [6.07, 6.45) is 2.73. The number of rotatable bonds is 11. The number of ketones is 1. The molecule has 0 aliphatic rings. The van der Waals surface area contributed by atoms with Crippen LogP contribution in [0, 0.1) is 0 Å². The highest BCUT2D eigenvalue weighted by atomic mass is 16.5. The molecule has 1 rings (SSSR count). The van der Waals surface area contributed by atoms with E-state index in [1.807, 2.05) is 12.1 Å². The Balaban J connectivity index is 2.53. The molecule has 6 nitrogen and oxygen atoms in total. The van der Waals surface area contributed by atoms with Crippen molar-refractivity contribution in [2.75, 3.05) is 26.3 Å². The lowest BCUT2D eigenvalue weighted by molar-refractivity contribution is -0.149. The van der Waals surface area contributed by atoms with Crippen molar-refractivity contribution >= 4 is 17.7 Å². The fourth-order valence-corrected chi connectivity index (χ4v) is 2.08. The van der Waals surface area contributed by atoms with Crippen LogP contribution in [0.25, 0.3) is 0 Å². The number of ether oxygens (including phenoxy) is 2. The molecule has 0 atom stereocenters. The molecule has 1 aromatic carbocycles. The molecular formula is C19H25NO5. The molecule has 0 radical (unpaired) electrons. The molecule has 0 unspecified atom stereocenters. The fourth-order valence-electron chi connectivity index (χ4n) is 2.08. The van der Waals surface area contributed by atoms with Gasteiger partial charge in [0.2, 0.25) is 0 Å². The van der Waals surface area contributed by atoms with Crippen molar-refractivity contribution < 1.29 is 23.9 Å². The van der Waals surface area contributed by atoms with Crippen molar-refractivity contribution in [3.8, 4) is 5.75 Å². The molecule has 0 saturated heterocycles. The van der Waals surface area contributed by atoms with Crippen LogP contribution in [0.1, 0.15) is 25.8 Å². The van der Waals surface area contributed by atoms with E-state index in [4.69, 9.17) is 9.47 Å². The van der Waals surface area contributed by atoms with Gasteiger partial charge in [0.1, 0.15) is 18.1 Å². The highest BCUT2D eigenvalue weighted by molar-refractivity contribution is 5.83. The fraction of sp³-hybridized carbons (Fsp3) is 0.421. The number of hydrogen-bond donors (Lipinski definition) is 0. The summed E-state index contributed by atoms with van der Waals surface area (Å²) in [6, 6.07) is 7.24. The molecule has 0 bridgehead atoms. The number of carbonyl (C=O) groups is 3. The predicted molar refractivity (Wildman–Crippen MR) is 94.3 cm³/mol. The van der Waals surface area contributed by atoms with Crippen LogP contribution in [0.5, 0.6) is 5.75 Å². The van der Waals surface area contributed by atoms with Gasteiger partial charge < -0.3 is 19.2 Å². The summed E-state index contributed by atoms with van der Waals surface area (Å²) in [5, 5.41) is 0. The summed E-state index contributed by atoms with van der Waals surface area (Å²) >= 11 is 0. The maximum Gasteiger partial charge on any atom is 0.325 e. The van der Waals surface area contributed by atoms with Gasteiger partial charge in [-0.05, 0) is 38.0 Å². The molecule has 1 aromatic rings. The third kappa shape index (κ3) is 8.15. The van der Waals surface area contributed by atoms with E-state index in [1.165, 1.54) is 4.90 Å². The SMILES string of the molecule is C=CCN(CC(=O)OCC)C(=O)COc1ccc(CCC(C)=O)cc1. The molecule has 1 amide bonds. The first-order valence-corrected chi connectivity index (χ1v) is 8.21. The van der Waals surface area contributed by atoms with Gasteiger partial charge in [0.15, 0.2) is 6.61 Å². The highest BCUT2D eigenvalue weighted by Gasteiger charge is 2.17. The van der Waals surface area contributed by atoms with Crippen molar-refractivity contribution in [3.63, 3.8) is 0 Å². The second kappa shape index (κ2) is 11.0. The highest BCUT2D eigenvalue weighted by Crippen LogP contribution is 2.13. The van der Waals surface area contributed by atoms with Crippen molar-refractivity contribution in [1.29, 1.82) is 0 Å². The molecule has 0 saturated carbocycles. The topological polar surface area (TPSA) is 72.9 Å². The summed E-state index contributed by atoms with van der Waals surface area (Å²) in [5.41, 5.74) is 1.03. The molecule has 0 aliphatic carbocycles. The second-order valence-electron chi connectivity index (χ2n) is 5.50. The number of nitrogens with zero attached hydrogens (tertiary/aromatic N) is 1. The van der Waals surface area contributed by atoms with Crippen LogP contribution in [-0.4, -0.2) is 48.9 Å². The van der Waals surface area contributed by atoms with Crippen LogP contribution in [0.2, 0.25) is 0 Å². The zero-order valence-corrected chi connectivity index (χ0v) is 14.8. The molecule has 0 heterocycles. The Labute approximate surface area is 148 Å². The summed E-state index contributed by atoms with van der Waals surface area (Å²) in [7, 11) is 0. The summed E-state index contributed by atoms with van der Waals surface area (Å²) in [4.78, 5) is 36.1. The van der Waals surface area contributed by atoms with E-state index in [0.29, 0.717) is 18.6 Å². The Morgan fingerprint density at radius 1 is 1.20 bits per heavy atom. The van der Waals surface area contributed by atoms with Crippen molar-refractivity contribution in [1.82, 2.24) is 4.90 Å². The van der Waals surface area contributed by atoms with E-state index in [2.05, 4.69) is 6.58 Å². The van der Waals surface area contributed by atoms with Gasteiger partial charge in [-0.1, -0.05) is 18.2 Å². The summed E-state index contributed by atoms with van der Waals surface area (Å²) in [6.45, 7) is 7.05. The van der Waals surface area contributed by atoms with Gasteiger partial charge >= 0.3 is 5.97 Å². The zero-order chi connectivity index (χ0) is 18.7. The first-order valence-electron chi connectivity index (χ1n) is 8.21. The molecule has 0 aliphatic heterocycles. The lowest BCUT2D eigenvalue weighted by atomic mass is 10.1. The van der Waals surface area contributed by atoms with Gasteiger partial charge in [-0.2, -0.15) is 0 Å². The lowest BCUT2D eigenvalue weighted by Crippen LogP contribution is -2.39. The third-order valence-corrected chi connectivity index (χ3v) is 3.38. The standard InChI is InChI=1S/C19H25NO5/c1-4-12-20(13-19(23)24-5-2)18(22)14-25-17-10-8-16(9-11-17)7-6-15(3)21/h4,8-11H,1,5-7,12-14H2,2-3H3. The number of benzene rings is 1. The van der Waals surface area contributed by atoms with E-state index >= 15 is 0 Å².